The lowest BCUT2D eigenvalue weighted by atomic mass is 10.1. The van der Waals surface area contributed by atoms with Crippen LogP contribution in [0.2, 0.25) is 0 Å². The van der Waals surface area contributed by atoms with Crippen LogP contribution >= 0.6 is 0 Å². The smallest absolute Gasteiger partial charge is 0.339 e. The van der Waals surface area contributed by atoms with Crippen molar-refractivity contribution in [3.8, 4) is 0 Å². The molecule has 2 aromatic rings. The van der Waals surface area contributed by atoms with Crippen LogP contribution in [0.5, 0.6) is 0 Å². The predicted molar refractivity (Wildman–Crippen MR) is 78.3 cm³/mol. The molecule has 0 aliphatic carbocycles. The Morgan fingerprint density at radius 1 is 1.04 bits per heavy atom. The molecule has 2 amide bonds. The number of esters is 2. The molecule has 2 N–H and O–H groups in total. The van der Waals surface area contributed by atoms with E-state index in [0.29, 0.717) is 0 Å². The van der Waals surface area contributed by atoms with E-state index in [0.717, 1.165) is 0 Å². The number of urea groups is 1. The van der Waals surface area contributed by atoms with Gasteiger partial charge in [-0.05, 0) is 18.2 Å². The zero-order valence-electron chi connectivity index (χ0n) is 12.3. The van der Waals surface area contributed by atoms with E-state index in [1.165, 1.54) is 44.7 Å². The summed E-state index contributed by atoms with van der Waals surface area (Å²) in [4.78, 5) is 35.2. The quantitative estimate of drug-likeness (QED) is 0.826. The summed E-state index contributed by atoms with van der Waals surface area (Å²) in [5.41, 5.74) is 0.327. The number of hydrogen-bond acceptors (Lipinski definition) is 7. The van der Waals surface area contributed by atoms with E-state index in [-0.39, 0.29) is 22.6 Å². The van der Waals surface area contributed by atoms with E-state index in [2.05, 4.69) is 29.8 Å². The van der Waals surface area contributed by atoms with E-state index in [4.69, 9.17) is 0 Å². The van der Waals surface area contributed by atoms with Gasteiger partial charge in [0.05, 0.1) is 31.0 Å². The first-order valence-corrected chi connectivity index (χ1v) is 6.34. The Labute approximate surface area is 130 Å². The molecule has 120 valence electrons. The van der Waals surface area contributed by atoms with Crippen molar-refractivity contribution in [2.75, 3.05) is 24.9 Å². The second-order valence-electron chi connectivity index (χ2n) is 4.21. The maximum Gasteiger partial charge on any atom is 0.339 e. The number of methoxy groups -OCH3 is 2. The Morgan fingerprint density at radius 2 is 1.78 bits per heavy atom. The summed E-state index contributed by atoms with van der Waals surface area (Å²) in [6.45, 7) is 0. The highest BCUT2D eigenvalue weighted by molar-refractivity contribution is 6.06. The highest BCUT2D eigenvalue weighted by Gasteiger charge is 2.17. The number of nitrogens with zero attached hydrogens (tertiary/aromatic N) is 1. The summed E-state index contributed by atoms with van der Waals surface area (Å²) in [7, 11) is 2.43. The number of aromatic nitrogens is 1. The molecule has 2 rings (SSSR count). The third-order valence-corrected chi connectivity index (χ3v) is 2.77. The molecule has 0 radical (unpaired) electrons. The summed E-state index contributed by atoms with van der Waals surface area (Å²) in [5.74, 6) is -1.09. The summed E-state index contributed by atoms with van der Waals surface area (Å²) < 4.78 is 13.8. The third-order valence-electron chi connectivity index (χ3n) is 2.77. The number of benzene rings is 1. The van der Waals surface area contributed by atoms with Gasteiger partial charge >= 0.3 is 18.0 Å². The second-order valence-corrected chi connectivity index (χ2v) is 4.21. The Morgan fingerprint density at radius 3 is 2.39 bits per heavy atom. The van der Waals surface area contributed by atoms with Gasteiger partial charge in [0.2, 0.25) is 0 Å². The highest BCUT2D eigenvalue weighted by Crippen LogP contribution is 2.20. The first kappa shape index (κ1) is 16.0. The minimum Gasteiger partial charge on any atom is -0.465 e. The molecule has 0 atom stereocenters. The van der Waals surface area contributed by atoms with E-state index < -0.39 is 18.0 Å². The van der Waals surface area contributed by atoms with Gasteiger partial charge in [0, 0.05) is 6.07 Å². The normalized spacial score (nSPS) is 9.83. The molecule has 0 fully saturated rings. The molecule has 0 saturated carbocycles. The van der Waals surface area contributed by atoms with Crippen molar-refractivity contribution < 1.29 is 28.4 Å². The summed E-state index contributed by atoms with van der Waals surface area (Å²) in [6, 6.07) is 4.81. The fraction of sp³-hybridized carbons (Fsp3) is 0.143. The highest BCUT2D eigenvalue weighted by atomic mass is 16.5. The molecule has 0 aliphatic heterocycles. The van der Waals surface area contributed by atoms with Crippen LogP contribution < -0.4 is 10.6 Å². The minimum absolute atomic E-state index is 0.0791. The van der Waals surface area contributed by atoms with Crippen molar-refractivity contribution in [2.45, 2.75) is 0 Å². The van der Waals surface area contributed by atoms with E-state index in [1.54, 1.807) is 0 Å². The van der Waals surface area contributed by atoms with Gasteiger partial charge in [-0.3, -0.25) is 5.32 Å². The average Bonchev–Trinajstić information content (AvgIpc) is 3.06. The minimum atomic E-state index is -0.675. The first-order chi connectivity index (χ1) is 11.0. The lowest BCUT2D eigenvalue weighted by molar-refractivity contribution is 0.0587. The fourth-order valence-corrected chi connectivity index (χ4v) is 1.73. The number of ether oxygens (including phenoxy) is 2. The second kappa shape index (κ2) is 7.07. The zero-order chi connectivity index (χ0) is 16.8. The van der Waals surface area contributed by atoms with Crippen LogP contribution in [-0.4, -0.2) is 37.3 Å². The number of hydrogen-bond donors (Lipinski definition) is 2. The van der Waals surface area contributed by atoms with Gasteiger partial charge in [-0.1, -0.05) is 5.16 Å². The maximum atomic E-state index is 11.9. The van der Waals surface area contributed by atoms with Crippen molar-refractivity contribution in [3.05, 3.63) is 41.7 Å². The van der Waals surface area contributed by atoms with Crippen molar-refractivity contribution in [1.29, 1.82) is 0 Å². The van der Waals surface area contributed by atoms with E-state index in [1.807, 2.05) is 0 Å². The number of carbonyl (C=O) groups is 3. The van der Waals surface area contributed by atoms with Gasteiger partial charge in [-0.25, -0.2) is 14.4 Å². The van der Waals surface area contributed by atoms with Gasteiger partial charge in [0.25, 0.3) is 0 Å². The molecular formula is C14H13N3O6. The zero-order valence-corrected chi connectivity index (χ0v) is 12.3. The Bertz CT molecular complexity index is 726. The Balaban J connectivity index is 2.27. The lowest BCUT2D eigenvalue weighted by Crippen LogP contribution is -2.22. The topological polar surface area (TPSA) is 120 Å². The van der Waals surface area contributed by atoms with Crippen molar-refractivity contribution in [2.24, 2.45) is 0 Å². The molecule has 1 aromatic carbocycles. The number of rotatable bonds is 4. The largest absolute Gasteiger partial charge is 0.465 e. The van der Waals surface area contributed by atoms with Gasteiger partial charge in [0.15, 0.2) is 5.82 Å². The molecule has 23 heavy (non-hydrogen) atoms. The van der Waals surface area contributed by atoms with Crippen LogP contribution in [0.25, 0.3) is 0 Å². The molecule has 0 aliphatic rings. The fourth-order valence-electron chi connectivity index (χ4n) is 1.73. The summed E-state index contributed by atoms with van der Waals surface area (Å²) in [5, 5.41) is 8.36. The number of nitrogens with one attached hydrogen (secondary N) is 2. The van der Waals surface area contributed by atoms with Crippen molar-refractivity contribution >= 4 is 29.5 Å². The maximum absolute atomic E-state index is 11.9. The molecular weight excluding hydrogens is 306 g/mol. The lowest BCUT2D eigenvalue weighted by Gasteiger charge is -2.11. The molecule has 1 heterocycles. The van der Waals surface area contributed by atoms with Crippen molar-refractivity contribution in [1.82, 2.24) is 5.16 Å². The summed E-state index contributed by atoms with van der Waals surface area (Å²) in [6.07, 6.45) is 1.29. The molecule has 1 aromatic heterocycles. The molecule has 0 saturated heterocycles. The monoisotopic (exact) mass is 319 g/mol. The van der Waals surface area contributed by atoms with Gasteiger partial charge < -0.3 is 19.3 Å². The third kappa shape index (κ3) is 3.84. The molecule has 0 bridgehead atoms. The average molecular weight is 319 g/mol. The molecule has 9 nitrogen and oxygen atoms in total. The van der Waals surface area contributed by atoms with Crippen LogP contribution in [0, 0.1) is 0 Å². The van der Waals surface area contributed by atoms with Crippen LogP contribution in [0.3, 0.4) is 0 Å². The van der Waals surface area contributed by atoms with Crippen LogP contribution in [0.4, 0.5) is 16.3 Å². The van der Waals surface area contributed by atoms with Crippen LogP contribution in [0.15, 0.2) is 35.1 Å². The van der Waals surface area contributed by atoms with Crippen LogP contribution in [0.1, 0.15) is 20.7 Å². The van der Waals surface area contributed by atoms with Gasteiger partial charge in [-0.15, -0.1) is 0 Å². The number of carbonyl (C=O) groups excluding carboxylic acids is 3. The summed E-state index contributed by atoms with van der Waals surface area (Å²) >= 11 is 0. The molecule has 0 unspecified atom stereocenters. The SMILES string of the molecule is COC(=O)c1ccc(C(=O)OC)c(NC(=O)Nc2ccon2)c1. The van der Waals surface area contributed by atoms with E-state index in [9.17, 15) is 14.4 Å². The number of amides is 2. The Kier molecular flexibility index (Phi) is 4.92. The van der Waals surface area contributed by atoms with E-state index >= 15 is 0 Å². The van der Waals surface area contributed by atoms with Gasteiger partial charge in [-0.2, -0.15) is 0 Å². The standard InChI is InChI=1S/C14H13N3O6/c1-21-12(18)8-3-4-9(13(19)22-2)10(7-8)15-14(20)16-11-5-6-23-17-11/h3-7H,1-2H3,(H2,15,16,17,20). The number of anilines is 2. The predicted octanol–water partition coefficient (Wildman–Crippen LogP) is 1.89. The van der Waals surface area contributed by atoms with Crippen LogP contribution in [-0.2, 0) is 9.47 Å². The Hall–Kier alpha value is -3.36. The van der Waals surface area contributed by atoms with Crippen molar-refractivity contribution in [3.63, 3.8) is 0 Å². The molecule has 0 spiro atoms. The van der Waals surface area contributed by atoms with Gasteiger partial charge in [0.1, 0.15) is 6.26 Å². The molecule has 9 heteroatoms. The first-order valence-electron chi connectivity index (χ1n) is 6.34.